The molecule has 4 N–H and O–H groups in total. The highest BCUT2D eigenvalue weighted by Gasteiger charge is 2.48. The summed E-state index contributed by atoms with van der Waals surface area (Å²) in [6.45, 7) is 6.39. The van der Waals surface area contributed by atoms with E-state index in [1.807, 2.05) is 37.3 Å². The summed E-state index contributed by atoms with van der Waals surface area (Å²) in [6, 6.07) is 7.43. The molecule has 14 heteroatoms. The summed E-state index contributed by atoms with van der Waals surface area (Å²) >= 11 is 1.34. The average Bonchev–Trinajstić information content (AvgIpc) is 3.63. The lowest BCUT2D eigenvalue weighted by atomic mass is 9.82. The first kappa shape index (κ1) is 40.8. The second-order valence-corrected chi connectivity index (χ2v) is 14.6. The summed E-state index contributed by atoms with van der Waals surface area (Å²) in [4.78, 5) is 29.0. The minimum absolute atomic E-state index is 0.0768. The molecule has 0 radical (unpaired) electrons. The van der Waals surface area contributed by atoms with E-state index in [1.54, 1.807) is 51.2 Å². The molecule has 11 atom stereocenters. The molecule has 1 saturated heterocycles. The number of aliphatic hydroxyl groups excluding tert-OH is 3. The number of ketones is 1. The molecule has 0 aliphatic carbocycles. The summed E-state index contributed by atoms with van der Waals surface area (Å²) < 4.78 is 28.0. The van der Waals surface area contributed by atoms with E-state index in [0.717, 1.165) is 16.0 Å². The van der Waals surface area contributed by atoms with Crippen molar-refractivity contribution in [3.05, 3.63) is 60.3 Å². The minimum atomic E-state index is -1.34. The van der Waals surface area contributed by atoms with Crippen LogP contribution in [0.1, 0.15) is 52.0 Å². The smallest absolute Gasteiger partial charge is 0.308 e. The molecule has 0 saturated carbocycles. The summed E-state index contributed by atoms with van der Waals surface area (Å²) in [7, 11) is 4.93. The van der Waals surface area contributed by atoms with Crippen LogP contribution in [0, 0.1) is 11.8 Å². The molecule has 282 valence electrons. The number of cyclic esters (lactones) is 1. The Hall–Kier alpha value is -2.92. The third-order valence-electron chi connectivity index (χ3n) is 9.58. The number of aromatic nitrogens is 2. The summed E-state index contributed by atoms with van der Waals surface area (Å²) in [6.07, 6.45) is 1.50. The van der Waals surface area contributed by atoms with E-state index >= 15 is 0 Å². The molecule has 1 fully saturated rings. The quantitative estimate of drug-likeness (QED) is 0.208. The largest absolute Gasteiger partial charge is 0.462 e. The van der Waals surface area contributed by atoms with Crippen molar-refractivity contribution in [2.45, 2.75) is 108 Å². The number of esters is 1. The summed E-state index contributed by atoms with van der Waals surface area (Å²) in [5, 5.41) is 41.2. The van der Waals surface area contributed by atoms with Crippen molar-refractivity contribution < 1.29 is 43.9 Å². The highest BCUT2D eigenvalue weighted by atomic mass is 32.1. The van der Waals surface area contributed by atoms with E-state index in [2.05, 4.69) is 14.9 Å². The fraction of sp³-hybridized carbons (Fsp3) is 0.622. The van der Waals surface area contributed by atoms with Gasteiger partial charge in [0, 0.05) is 26.0 Å². The Morgan fingerprint density at radius 2 is 1.78 bits per heavy atom. The Balaban J connectivity index is 1.62. The van der Waals surface area contributed by atoms with E-state index in [1.165, 1.54) is 24.7 Å². The number of nitrogens with zero attached hydrogens (tertiary/aromatic N) is 3. The zero-order chi connectivity index (χ0) is 37.1. The third kappa shape index (κ3) is 11.5. The fourth-order valence-electron chi connectivity index (χ4n) is 6.72. The number of carbonyl (C=O) groups excluding carboxylic acids is 2. The van der Waals surface area contributed by atoms with Crippen LogP contribution < -0.4 is 5.32 Å². The topological polar surface area (TPSA) is 173 Å². The lowest BCUT2D eigenvalue weighted by Crippen LogP contribution is -2.63. The first-order valence-electron chi connectivity index (χ1n) is 17.6. The van der Waals surface area contributed by atoms with Gasteiger partial charge in [0.2, 0.25) is 0 Å². The Kier molecular flexibility index (Phi) is 15.8. The molecule has 1 aromatic carbocycles. The van der Waals surface area contributed by atoms with Gasteiger partial charge in [-0.3, -0.25) is 9.59 Å². The minimum Gasteiger partial charge on any atom is -0.462 e. The predicted molar refractivity (Wildman–Crippen MR) is 193 cm³/mol. The maximum absolute atomic E-state index is 13.3. The van der Waals surface area contributed by atoms with Crippen molar-refractivity contribution in [1.82, 2.24) is 19.8 Å². The molecule has 0 bridgehead atoms. The van der Waals surface area contributed by atoms with Gasteiger partial charge in [-0.25, -0.2) is 0 Å². The molecular weight excluding hydrogens is 676 g/mol. The fourth-order valence-corrected chi connectivity index (χ4v) is 7.24. The van der Waals surface area contributed by atoms with Crippen molar-refractivity contribution in [1.29, 1.82) is 0 Å². The monoisotopic (exact) mass is 730 g/mol. The number of ether oxygens (including phenoxy) is 4. The second-order valence-electron chi connectivity index (χ2n) is 13.8. The number of hydrogen-bond acceptors (Lipinski definition) is 14. The van der Waals surface area contributed by atoms with E-state index in [9.17, 15) is 24.9 Å². The van der Waals surface area contributed by atoms with E-state index in [4.69, 9.17) is 18.9 Å². The SMILES string of the molecule is CO[C@@H]1[C@@H](O[C@@H]2O[C@H](C)[C@@H](O)[C@H](N(C)C)[C@H]2O)[C@@H](CCNCc2ccc(-c3cnns3)cc2)C[C@@H](C)C(=O)/C=C\C=C\C[C@@H](C)OC(=O)C[C@H]1O. The molecule has 51 heavy (non-hydrogen) atoms. The van der Waals surface area contributed by atoms with Crippen molar-refractivity contribution in [3.8, 4) is 10.4 Å². The van der Waals surface area contributed by atoms with Gasteiger partial charge in [0.1, 0.15) is 18.3 Å². The normalized spacial score (nSPS) is 34.3. The Morgan fingerprint density at radius 3 is 2.45 bits per heavy atom. The highest BCUT2D eigenvalue weighted by molar-refractivity contribution is 7.09. The number of aliphatic hydroxyl groups is 3. The standard InChI is InChI=1S/C37H54N4O9S/c1-22-18-27(16-17-38-20-25-12-14-26(15-13-25)30-21-39-40-51-30)35(50-37-34(46)32(41(4)5)33(45)24(3)49-37)36(47-6)29(43)19-31(44)48-23(2)10-8-7-9-11-28(22)42/h7-9,11-15,21-24,27,29,32-38,43,45-46H,10,16-20H2,1-6H3/b8-7+,11-9-/t22-,23-,24-,27+,29-,32+,33-,34-,35+,36+,37+/m1/s1. The predicted octanol–water partition coefficient (Wildman–Crippen LogP) is 2.89. The Morgan fingerprint density at radius 1 is 1.04 bits per heavy atom. The van der Waals surface area contributed by atoms with Gasteiger partial charge >= 0.3 is 5.97 Å². The van der Waals surface area contributed by atoms with Gasteiger partial charge in [-0.05, 0) is 82.0 Å². The zero-order valence-corrected chi connectivity index (χ0v) is 31.1. The van der Waals surface area contributed by atoms with Crippen molar-refractivity contribution in [2.24, 2.45) is 11.8 Å². The lowest BCUT2D eigenvalue weighted by molar-refractivity contribution is -0.309. The maximum atomic E-state index is 13.3. The number of methoxy groups -OCH3 is 1. The van der Waals surface area contributed by atoms with Gasteiger partial charge in [0.25, 0.3) is 0 Å². The van der Waals surface area contributed by atoms with Crippen LogP contribution >= 0.6 is 11.5 Å². The number of nitrogens with one attached hydrogen (secondary N) is 1. The van der Waals surface area contributed by atoms with Crippen LogP contribution in [0.15, 0.2) is 54.8 Å². The van der Waals surface area contributed by atoms with Crippen LogP contribution in [-0.4, -0.2) is 124 Å². The molecule has 0 spiro atoms. The van der Waals surface area contributed by atoms with Gasteiger partial charge in [-0.1, -0.05) is 53.9 Å². The molecule has 2 aliphatic rings. The summed E-state index contributed by atoms with van der Waals surface area (Å²) in [5.41, 5.74) is 2.11. The van der Waals surface area contributed by atoms with Crippen LogP contribution in [0.25, 0.3) is 10.4 Å². The number of allylic oxidation sites excluding steroid dienone is 3. The molecule has 1 aromatic heterocycles. The Bertz CT molecular complexity index is 1420. The van der Waals surface area contributed by atoms with E-state index < -0.39 is 72.9 Å². The first-order chi connectivity index (χ1) is 24.4. The maximum Gasteiger partial charge on any atom is 0.308 e. The highest BCUT2D eigenvalue weighted by Crippen LogP contribution is 2.33. The van der Waals surface area contributed by atoms with Gasteiger partial charge < -0.3 is 44.5 Å². The van der Waals surface area contributed by atoms with Crippen LogP contribution in [0.3, 0.4) is 0 Å². The van der Waals surface area contributed by atoms with Gasteiger partial charge in [-0.15, -0.1) is 5.10 Å². The molecule has 13 nitrogen and oxygen atoms in total. The molecule has 3 heterocycles. The second kappa shape index (κ2) is 19.8. The number of likely N-dealkylation sites (N-methyl/N-ethyl adjacent to an activating group) is 1. The van der Waals surface area contributed by atoms with Crippen molar-refractivity contribution >= 4 is 23.3 Å². The molecule has 0 unspecified atom stereocenters. The lowest BCUT2D eigenvalue weighted by Gasteiger charge is -2.46. The van der Waals surface area contributed by atoms with Crippen LogP contribution in [0.2, 0.25) is 0 Å². The first-order valence-corrected chi connectivity index (χ1v) is 18.3. The van der Waals surface area contributed by atoms with Crippen molar-refractivity contribution in [3.63, 3.8) is 0 Å². The van der Waals surface area contributed by atoms with Crippen LogP contribution in [0.5, 0.6) is 0 Å². The van der Waals surface area contributed by atoms with Crippen LogP contribution in [-0.2, 0) is 35.1 Å². The van der Waals surface area contributed by atoms with E-state index in [0.29, 0.717) is 32.4 Å². The number of benzene rings is 1. The zero-order valence-electron chi connectivity index (χ0n) is 30.3. The molecular formula is C37H54N4O9S. The number of carbonyl (C=O) groups is 2. The van der Waals surface area contributed by atoms with Gasteiger partial charge in [0.15, 0.2) is 12.1 Å². The van der Waals surface area contributed by atoms with E-state index in [-0.39, 0.29) is 12.2 Å². The molecule has 2 aliphatic heterocycles. The summed E-state index contributed by atoms with van der Waals surface area (Å²) in [5.74, 6) is -1.52. The number of hydrogen-bond donors (Lipinski definition) is 4. The van der Waals surface area contributed by atoms with Crippen LogP contribution in [0.4, 0.5) is 0 Å². The number of rotatable bonds is 10. The third-order valence-corrected chi connectivity index (χ3v) is 10.3. The molecule has 2 aromatic rings. The van der Waals surface area contributed by atoms with Gasteiger partial charge in [-0.2, -0.15) is 0 Å². The molecule has 4 rings (SSSR count). The Labute approximate surface area is 304 Å². The average molecular weight is 731 g/mol. The van der Waals surface area contributed by atoms with Gasteiger partial charge in [0.05, 0.1) is 48.0 Å². The van der Waals surface area contributed by atoms with Crippen molar-refractivity contribution in [2.75, 3.05) is 27.7 Å². The molecule has 0 amide bonds.